The number of para-hydroxylation sites is 1. The SMILES string of the molecule is COc1ccc(NC(=O)[C@H](C)N2C(=O)c3ccccc3[C@H]2c2c[nH]c3ccccc23)cc1. The zero-order valence-electron chi connectivity index (χ0n) is 17.8. The van der Waals surface area contributed by atoms with E-state index >= 15 is 0 Å². The van der Waals surface area contributed by atoms with Crippen LogP contribution < -0.4 is 10.1 Å². The molecular weight excluding hydrogens is 402 g/mol. The molecule has 0 aliphatic carbocycles. The van der Waals surface area contributed by atoms with Crippen molar-refractivity contribution in [2.45, 2.75) is 19.0 Å². The van der Waals surface area contributed by atoms with Crippen molar-refractivity contribution >= 4 is 28.4 Å². The number of ether oxygens (including phenoxy) is 1. The van der Waals surface area contributed by atoms with Gasteiger partial charge < -0.3 is 19.9 Å². The first-order valence-corrected chi connectivity index (χ1v) is 10.5. The lowest BCUT2D eigenvalue weighted by Gasteiger charge is -2.30. The number of carbonyl (C=O) groups is 2. The van der Waals surface area contributed by atoms with Gasteiger partial charge in [0.1, 0.15) is 11.8 Å². The first kappa shape index (κ1) is 19.9. The number of amides is 2. The van der Waals surface area contributed by atoms with Crippen LogP contribution in [0, 0.1) is 0 Å². The fraction of sp³-hybridized carbons (Fsp3) is 0.154. The largest absolute Gasteiger partial charge is 0.497 e. The van der Waals surface area contributed by atoms with Crippen LogP contribution in [0.25, 0.3) is 10.9 Å². The molecule has 0 saturated carbocycles. The van der Waals surface area contributed by atoms with Crippen LogP contribution in [0.5, 0.6) is 5.75 Å². The molecule has 32 heavy (non-hydrogen) atoms. The summed E-state index contributed by atoms with van der Waals surface area (Å²) in [5.41, 5.74) is 4.16. The first-order valence-electron chi connectivity index (χ1n) is 10.5. The Morgan fingerprint density at radius 1 is 1.00 bits per heavy atom. The number of benzene rings is 3. The summed E-state index contributed by atoms with van der Waals surface area (Å²) in [6, 6.07) is 21.7. The smallest absolute Gasteiger partial charge is 0.255 e. The molecule has 1 aromatic heterocycles. The number of fused-ring (bicyclic) bond motifs is 2. The molecule has 6 heteroatoms. The van der Waals surface area contributed by atoms with E-state index in [2.05, 4.69) is 10.3 Å². The van der Waals surface area contributed by atoms with E-state index in [9.17, 15) is 9.59 Å². The van der Waals surface area contributed by atoms with Gasteiger partial charge in [0.25, 0.3) is 5.91 Å². The monoisotopic (exact) mass is 425 g/mol. The molecule has 0 spiro atoms. The van der Waals surface area contributed by atoms with Gasteiger partial charge in [0, 0.05) is 33.9 Å². The van der Waals surface area contributed by atoms with Crippen molar-refractivity contribution in [2.24, 2.45) is 0 Å². The van der Waals surface area contributed by atoms with Crippen LogP contribution in [0.1, 0.15) is 34.5 Å². The fourth-order valence-corrected chi connectivity index (χ4v) is 4.42. The third kappa shape index (κ3) is 3.21. The standard InChI is InChI=1S/C26H23N3O3/c1-16(25(30)28-17-11-13-18(32-2)14-12-17)29-24(20-8-3-4-9-21(20)26(29)31)22-15-27-23-10-6-5-7-19(22)23/h3-16,24,27H,1-2H3,(H,28,30)/t16-,24-/m0/s1. The van der Waals surface area contributed by atoms with E-state index in [1.165, 1.54) is 0 Å². The number of aromatic amines is 1. The summed E-state index contributed by atoms with van der Waals surface area (Å²) in [6.45, 7) is 1.77. The van der Waals surface area contributed by atoms with Gasteiger partial charge in [-0.25, -0.2) is 0 Å². The second-order valence-electron chi connectivity index (χ2n) is 7.89. The predicted molar refractivity (Wildman–Crippen MR) is 124 cm³/mol. The number of nitrogens with zero attached hydrogens (tertiary/aromatic N) is 1. The highest BCUT2D eigenvalue weighted by molar-refractivity contribution is 6.05. The van der Waals surface area contributed by atoms with Gasteiger partial charge in [-0.3, -0.25) is 9.59 Å². The molecule has 2 amide bonds. The molecule has 6 nitrogen and oxygen atoms in total. The van der Waals surface area contributed by atoms with E-state index in [4.69, 9.17) is 4.74 Å². The van der Waals surface area contributed by atoms with Crippen molar-refractivity contribution in [1.82, 2.24) is 9.88 Å². The summed E-state index contributed by atoms with van der Waals surface area (Å²) < 4.78 is 5.17. The zero-order chi connectivity index (χ0) is 22.2. The highest BCUT2D eigenvalue weighted by Crippen LogP contribution is 2.42. The number of nitrogens with one attached hydrogen (secondary N) is 2. The lowest BCUT2D eigenvalue weighted by atomic mass is 9.97. The quantitative estimate of drug-likeness (QED) is 0.485. The van der Waals surface area contributed by atoms with E-state index in [1.807, 2.05) is 54.7 Å². The molecule has 5 rings (SSSR count). The Kier molecular flexibility index (Phi) is 4.90. The lowest BCUT2D eigenvalue weighted by Crippen LogP contribution is -2.44. The van der Waals surface area contributed by atoms with Gasteiger partial charge in [-0.2, -0.15) is 0 Å². The lowest BCUT2D eigenvalue weighted by molar-refractivity contribution is -0.120. The fourth-order valence-electron chi connectivity index (χ4n) is 4.42. The van der Waals surface area contributed by atoms with Crippen LogP contribution in [0.2, 0.25) is 0 Å². The Labute approximate surface area is 185 Å². The molecule has 160 valence electrons. The molecule has 2 heterocycles. The van der Waals surface area contributed by atoms with Crippen LogP contribution in [0.4, 0.5) is 5.69 Å². The molecule has 0 saturated heterocycles. The van der Waals surface area contributed by atoms with E-state index in [0.717, 1.165) is 22.0 Å². The minimum absolute atomic E-state index is 0.145. The molecule has 0 bridgehead atoms. The number of H-pyrrole nitrogens is 1. The maximum atomic E-state index is 13.4. The van der Waals surface area contributed by atoms with Crippen molar-refractivity contribution in [2.75, 3.05) is 12.4 Å². The molecule has 0 radical (unpaired) electrons. The molecule has 0 fully saturated rings. The Morgan fingerprint density at radius 3 is 2.50 bits per heavy atom. The number of hydrogen-bond donors (Lipinski definition) is 2. The number of methoxy groups -OCH3 is 1. The zero-order valence-corrected chi connectivity index (χ0v) is 17.8. The van der Waals surface area contributed by atoms with Crippen LogP contribution in [0.15, 0.2) is 79.0 Å². The van der Waals surface area contributed by atoms with Gasteiger partial charge in [0.05, 0.1) is 13.2 Å². The minimum atomic E-state index is -0.685. The van der Waals surface area contributed by atoms with Gasteiger partial charge in [-0.05, 0) is 48.9 Å². The molecular formula is C26H23N3O3. The average Bonchev–Trinajstić information content (AvgIpc) is 3.38. The van der Waals surface area contributed by atoms with Crippen LogP contribution in [0.3, 0.4) is 0 Å². The molecule has 1 aliphatic rings. The van der Waals surface area contributed by atoms with Crippen molar-refractivity contribution in [3.05, 3.63) is 95.7 Å². The number of rotatable bonds is 5. The van der Waals surface area contributed by atoms with Crippen LogP contribution in [-0.4, -0.2) is 34.8 Å². The van der Waals surface area contributed by atoms with E-state index in [-0.39, 0.29) is 17.9 Å². The molecule has 2 N–H and O–H groups in total. The average molecular weight is 425 g/mol. The van der Waals surface area contributed by atoms with E-state index < -0.39 is 6.04 Å². The number of hydrogen-bond acceptors (Lipinski definition) is 3. The van der Waals surface area contributed by atoms with Gasteiger partial charge in [0.2, 0.25) is 5.91 Å². The Hall–Kier alpha value is -4.06. The van der Waals surface area contributed by atoms with Gasteiger partial charge >= 0.3 is 0 Å². The van der Waals surface area contributed by atoms with Gasteiger partial charge in [-0.15, -0.1) is 0 Å². The highest BCUT2D eigenvalue weighted by Gasteiger charge is 2.43. The molecule has 2 atom stereocenters. The first-order chi connectivity index (χ1) is 15.6. The number of aromatic nitrogens is 1. The second-order valence-corrected chi connectivity index (χ2v) is 7.89. The highest BCUT2D eigenvalue weighted by atomic mass is 16.5. The van der Waals surface area contributed by atoms with Gasteiger partial charge in [-0.1, -0.05) is 36.4 Å². The van der Waals surface area contributed by atoms with Crippen molar-refractivity contribution in [3.63, 3.8) is 0 Å². The minimum Gasteiger partial charge on any atom is -0.497 e. The van der Waals surface area contributed by atoms with E-state index in [0.29, 0.717) is 17.0 Å². The van der Waals surface area contributed by atoms with Crippen molar-refractivity contribution < 1.29 is 14.3 Å². The van der Waals surface area contributed by atoms with Crippen molar-refractivity contribution in [3.8, 4) is 5.75 Å². The number of carbonyl (C=O) groups excluding carboxylic acids is 2. The predicted octanol–water partition coefficient (Wildman–Crippen LogP) is 4.75. The number of anilines is 1. The van der Waals surface area contributed by atoms with E-state index in [1.54, 1.807) is 43.2 Å². The summed E-state index contributed by atoms with van der Waals surface area (Å²) in [5.74, 6) is 0.315. The summed E-state index contributed by atoms with van der Waals surface area (Å²) in [6.07, 6.45) is 1.94. The summed E-state index contributed by atoms with van der Waals surface area (Å²) >= 11 is 0. The maximum absolute atomic E-state index is 13.4. The van der Waals surface area contributed by atoms with Crippen molar-refractivity contribution in [1.29, 1.82) is 0 Å². The van der Waals surface area contributed by atoms with Gasteiger partial charge in [0.15, 0.2) is 0 Å². The Bertz CT molecular complexity index is 1310. The molecule has 3 aromatic carbocycles. The second kappa shape index (κ2) is 7.89. The molecule has 4 aromatic rings. The molecule has 0 unspecified atom stereocenters. The summed E-state index contributed by atoms with van der Waals surface area (Å²) in [7, 11) is 1.59. The maximum Gasteiger partial charge on any atom is 0.255 e. The Morgan fingerprint density at radius 2 is 1.72 bits per heavy atom. The third-order valence-electron chi connectivity index (χ3n) is 6.07. The normalized spacial score (nSPS) is 16.1. The molecule has 1 aliphatic heterocycles. The van der Waals surface area contributed by atoms with Crippen LogP contribution in [-0.2, 0) is 4.79 Å². The Balaban J connectivity index is 1.52. The summed E-state index contributed by atoms with van der Waals surface area (Å²) in [4.78, 5) is 31.6. The summed E-state index contributed by atoms with van der Waals surface area (Å²) in [5, 5.41) is 3.96. The van der Waals surface area contributed by atoms with Crippen LogP contribution >= 0.6 is 0 Å². The third-order valence-corrected chi connectivity index (χ3v) is 6.07. The topological polar surface area (TPSA) is 74.4 Å².